The summed E-state index contributed by atoms with van der Waals surface area (Å²) < 4.78 is 2.72. The van der Waals surface area contributed by atoms with Crippen LogP contribution in [-0.4, -0.2) is 19.0 Å². The first kappa shape index (κ1) is 16.4. The van der Waals surface area contributed by atoms with Gasteiger partial charge in [-0.2, -0.15) is 0 Å². The van der Waals surface area contributed by atoms with E-state index in [1.807, 2.05) is 6.92 Å². The molecule has 0 fully saturated rings. The molecule has 0 aliphatic rings. The lowest BCUT2D eigenvalue weighted by Crippen LogP contribution is -2.36. The smallest absolute Gasteiger partial charge is 0.316 e. The van der Waals surface area contributed by atoms with Crippen LogP contribution in [0.15, 0.2) is 51.0 Å². The maximum Gasteiger partial charge on any atom is 0.316 e. The van der Waals surface area contributed by atoms with Gasteiger partial charge in [-0.15, -0.1) is 0 Å². The number of hydrogen-bond acceptors (Lipinski definition) is 5. The zero-order valence-corrected chi connectivity index (χ0v) is 13.3. The Morgan fingerprint density at radius 2 is 1.84 bits per heavy atom. The average molecular weight is 342 g/mol. The van der Waals surface area contributed by atoms with Crippen LogP contribution in [0.2, 0.25) is 0 Å². The average Bonchev–Trinajstić information content (AvgIpc) is 2.58. The van der Waals surface area contributed by atoms with Gasteiger partial charge in [0.2, 0.25) is 0 Å². The van der Waals surface area contributed by atoms with E-state index in [4.69, 9.17) is 0 Å². The van der Waals surface area contributed by atoms with E-state index in [0.717, 1.165) is 0 Å². The molecule has 2 heterocycles. The van der Waals surface area contributed by atoms with E-state index >= 15 is 0 Å². The van der Waals surface area contributed by atoms with Crippen molar-refractivity contribution < 1.29 is 4.92 Å². The van der Waals surface area contributed by atoms with Crippen molar-refractivity contribution in [1.82, 2.24) is 14.1 Å². The van der Waals surface area contributed by atoms with Gasteiger partial charge in [0, 0.05) is 37.1 Å². The second-order valence-electron chi connectivity index (χ2n) is 5.47. The van der Waals surface area contributed by atoms with Gasteiger partial charge >= 0.3 is 11.1 Å². The number of fused-ring (bicyclic) bond motifs is 1. The van der Waals surface area contributed by atoms with Gasteiger partial charge in [0.25, 0.3) is 5.69 Å². The molecule has 0 unspecified atom stereocenters. The lowest BCUT2D eigenvalue weighted by Gasteiger charge is -2.12. The van der Waals surface area contributed by atoms with Crippen LogP contribution in [0.25, 0.3) is 16.7 Å². The lowest BCUT2D eigenvalue weighted by atomic mass is 10.2. The van der Waals surface area contributed by atoms with Gasteiger partial charge in [0.15, 0.2) is 5.43 Å². The number of nitro groups is 1. The normalized spacial score (nSPS) is 10.9. The fraction of sp³-hybridized carbons (Fsp3) is 0.188. The van der Waals surface area contributed by atoms with E-state index in [1.165, 1.54) is 45.8 Å². The van der Waals surface area contributed by atoms with Gasteiger partial charge in [-0.1, -0.05) is 6.92 Å². The summed E-state index contributed by atoms with van der Waals surface area (Å²) in [4.78, 5) is 48.4. The summed E-state index contributed by atoms with van der Waals surface area (Å²) in [6.45, 7) is 2.16. The van der Waals surface area contributed by atoms with Crippen molar-refractivity contribution in [3.05, 3.63) is 77.7 Å². The van der Waals surface area contributed by atoms with Gasteiger partial charge in [0.1, 0.15) is 5.69 Å². The van der Waals surface area contributed by atoms with Crippen LogP contribution in [-0.2, 0) is 6.54 Å². The molecule has 128 valence electrons. The van der Waals surface area contributed by atoms with Crippen molar-refractivity contribution in [2.45, 2.75) is 19.9 Å². The topological polar surface area (TPSA) is 120 Å². The van der Waals surface area contributed by atoms with Crippen molar-refractivity contribution in [2.75, 3.05) is 0 Å². The summed E-state index contributed by atoms with van der Waals surface area (Å²) >= 11 is 0. The predicted octanol–water partition coefficient (Wildman–Crippen LogP) is 1.16. The molecule has 0 spiro atoms. The molecule has 9 nitrogen and oxygen atoms in total. The van der Waals surface area contributed by atoms with Crippen LogP contribution in [0.4, 0.5) is 5.69 Å². The van der Waals surface area contributed by atoms with E-state index in [2.05, 4.69) is 4.98 Å². The summed E-state index contributed by atoms with van der Waals surface area (Å²) in [6, 6.07) is 5.24. The molecule has 0 saturated heterocycles. The Balaban J connectivity index is 2.43. The SMILES string of the molecule is CCCn1c(=O)c(=O)[nH]c2cc([N+](=O)[O-])c(-n3ccc(=O)cc3)cc21. The molecule has 9 heteroatoms. The van der Waals surface area contributed by atoms with Crippen LogP contribution in [0, 0.1) is 10.1 Å². The first-order chi connectivity index (χ1) is 11.9. The van der Waals surface area contributed by atoms with Gasteiger partial charge in [-0.25, -0.2) is 0 Å². The maximum absolute atomic E-state index is 12.1. The summed E-state index contributed by atoms with van der Waals surface area (Å²) in [6.07, 6.45) is 3.43. The molecule has 1 N–H and O–H groups in total. The van der Waals surface area contributed by atoms with E-state index in [1.54, 1.807) is 0 Å². The van der Waals surface area contributed by atoms with Crippen molar-refractivity contribution in [2.24, 2.45) is 0 Å². The number of H-pyrrole nitrogens is 1. The number of aryl methyl sites for hydroxylation is 1. The third-order valence-corrected chi connectivity index (χ3v) is 3.79. The number of nitrogens with one attached hydrogen (secondary N) is 1. The number of pyridine rings is 1. The summed E-state index contributed by atoms with van der Waals surface area (Å²) in [5, 5.41) is 11.4. The van der Waals surface area contributed by atoms with Crippen LogP contribution in [0.1, 0.15) is 13.3 Å². The van der Waals surface area contributed by atoms with Gasteiger partial charge in [0.05, 0.1) is 16.0 Å². The lowest BCUT2D eigenvalue weighted by molar-refractivity contribution is -0.384. The third-order valence-electron chi connectivity index (χ3n) is 3.79. The van der Waals surface area contributed by atoms with Gasteiger partial charge in [-0.3, -0.25) is 24.5 Å². The Hall–Kier alpha value is -3.49. The minimum absolute atomic E-state index is 0.189. The number of nitro benzene ring substituents is 1. The number of benzene rings is 1. The van der Waals surface area contributed by atoms with Crippen molar-refractivity contribution in [1.29, 1.82) is 0 Å². The monoisotopic (exact) mass is 342 g/mol. The van der Waals surface area contributed by atoms with Crippen molar-refractivity contribution in [3.63, 3.8) is 0 Å². The van der Waals surface area contributed by atoms with E-state index in [-0.39, 0.29) is 22.3 Å². The molecule has 0 radical (unpaired) electrons. The third kappa shape index (κ3) is 2.87. The van der Waals surface area contributed by atoms with E-state index in [0.29, 0.717) is 18.5 Å². The van der Waals surface area contributed by atoms with Crippen LogP contribution in [0.5, 0.6) is 0 Å². The fourth-order valence-electron chi connectivity index (χ4n) is 2.67. The van der Waals surface area contributed by atoms with Gasteiger partial charge in [-0.05, 0) is 12.5 Å². The van der Waals surface area contributed by atoms with E-state index < -0.39 is 16.0 Å². The minimum Gasteiger partial charge on any atom is -0.318 e. The number of nitrogens with zero attached hydrogens (tertiary/aromatic N) is 3. The quantitative estimate of drug-likeness (QED) is 0.433. The highest BCUT2D eigenvalue weighted by Gasteiger charge is 2.19. The maximum atomic E-state index is 12.1. The fourth-order valence-corrected chi connectivity index (χ4v) is 2.67. The van der Waals surface area contributed by atoms with Crippen LogP contribution < -0.4 is 16.5 Å². The predicted molar refractivity (Wildman–Crippen MR) is 91.4 cm³/mol. The van der Waals surface area contributed by atoms with Crippen LogP contribution in [0.3, 0.4) is 0 Å². The Bertz CT molecular complexity index is 1140. The van der Waals surface area contributed by atoms with E-state index in [9.17, 15) is 24.5 Å². The van der Waals surface area contributed by atoms with Crippen LogP contribution >= 0.6 is 0 Å². The Labute approximate surface area is 139 Å². The first-order valence-corrected chi connectivity index (χ1v) is 7.56. The first-order valence-electron chi connectivity index (χ1n) is 7.56. The molecular formula is C16H14N4O5. The van der Waals surface area contributed by atoms with Crippen molar-refractivity contribution in [3.8, 4) is 5.69 Å². The Kier molecular flexibility index (Phi) is 4.05. The second kappa shape index (κ2) is 6.19. The highest BCUT2D eigenvalue weighted by molar-refractivity contribution is 5.82. The number of aromatic amines is 1. The molecule has 0 aliphatic carbocycles. The molecule has 0 amide bonds. The molecule has 25 heavy (non-hydrogen) atoms. The summed E-state index contributed by atoms with van der Waals surface area (Å²) in [5.74, 6) is 0. The second-order valence-corrected chi connectivity index (χ2v) is 5.47. The zero-order valence-electron chi connectivity index (χ0n) is 13.3. The minimum atomic E-state index is -0.827. The molecule has 3 aromatic rings. The number of aromatic nitrogens is 3. The highest BCUT2D eigenvalue weighted by atomic mass is 16.6. The molecule has 0 bridgehead atoms. The summed E-state index contributed by atoms with van der Waals surface area (Å²) in [7, 11) is 0. The number of rotatable bonds is 4. The largest absolute Gasteiger partial charge is 0.318 e. The summed E-state index contributed by atoms with van der Waals surface area (Å²) in [5.41, 5.74) is -1.25. The molecular weight excluding hydrogens is 328 g/mol. The Morgan fingerprint density at radius 3 is 2.44 bits per heavy atom. The standard InChI is InChI=1S/C16H14N4O5/c1-2-5-19-12-9-13(18-6-3-10(21)4-7-18)14(20(24)25)8-11(12)17-15(22)16(19)23/h3-4,6-9H,2,5H2,1H3,(H,17,22). The molecule has 0 saturated carbocycles. The van der Waals surface area contributed by atoms with Crippen molar-refractivity contribution >= 4 is 16.7 Å². The molecule has 0 atom stereocenters. The molecule has 0 aliphatic heterocycles. The van der Waals surface area contributed by atoms with Gasteiger partial charge < -0.3 is 14.1 Å². The number of hydrogen-bond donors (Lipinski definition) is 1. The zero-order chi connectivity index (χ0) is 18.1. The molecule has 2 aromatic heterocycles. The Morgan fingerprint density at radius 1 is 1.16 bits per heavy atom. The molecule has 3 rings (SSSR count). The molecule has 1 aromatic carbocycles. The highest BCUT2D eigenvalue weighted by Crippen LogP contribution is 2.27.